The zero-order valence-electron chi connectivity index (χ0n) is 8.62. The molecule has 0 bridgehead atoms. The van der Waals surface area contributed by atoms with Crippen molar-refractivity contribution in [1.29, 1.82) is 0 Å². The Labute approximate surface area is 80.3 Å². The van der Waals surface area contributed by atoms with Gasteiger partial charge in [0.25, 0.3) is 0 Å². The molecule has 2 aliphatic rings. The molecule has 1 aliphatic heterocycles. The molecule has 1 saturated heterocycles. The first-order chi connectivity index (χ1) is 6.16. The molecule has 1 aliphatic carbocycles. The van der Waals surface area contributed by atoms with Gasteiger partial charge in [0.05, 0.1) is 0 Å². The third kappa shape index (κ3) is 1.78. The summed E-state index contributed by atoms with van der Waals surface area (Å²) in [5.41, 5.74) is 0. The summed E-state index contributed by atoms with van der Waals surface area (Å²) in [5, 5.41) is 0. The van der Waals surface area contributed by atoms with Crippen molar-refractivity contribution in [3.05, 3.63) is 0 Å². The summed E-state index contributed by atoms with van der Waals surface area (Å²) >= 11 is 0. The van der Waals surface area contributed by atoms with Gasteiger partial charge in [-0.15, -0.1) is 0 Å². The molecule has 0 aromatic rings. The van der Waals surface area contributed by atoms with Gasteiger partial charge in [-0.3, -0.25) is 9.69 Å². The van der Waals surface area contributed by atoms with E-state index in [9.17, 15) is 4.79 Å². The van der Waals surface area contributed by atoms with Crippen molar-refractivity contribution in [3.8, 4) is 0 Å². The number of hydrogen-bond acceptors (Lipinski definition) is 2. The predicted octanol–water partition coefficient (Wildman–Crippen LogP) is 1.70. The van der Waals surface area contributed by atoms with Gasteiger partial charge in [-0.2, -0.15) is 0 Å². The second-order valence-electron chi connectivity index (χ2n) is 4.84. The van der Waals surface area contributed by atoms with E-state index in [2.05, 4.69) is 18.7 Å². The number of hydrogen-bond donors (Lipinski definition) is 0. The van der Waals surface area contributed by atoms with Gasteiger partial charge in [0.15, 0.2) is 0 Å². The highest BCUT2D eigenvalue weighted by atomic mass is 16.1. The van der Waals surface area contributed by atoms with E-state index in [1.165, 1.54) is 12.8 Å². The predicted molar refractivity (Wildman–Crippen MR) is 52.5 cm³/mol. The molecule has 1 saturated carbocycles. The summed E-state index contributed by atoms with van der Waals surface area (Å²) in [6, 6.07) is 0.797. The van der Waals surface area contributed by atoms with Gasteiger partial charge < -0.3 is 0 Å². The van der Waals surface area contributed by atoms with Crippen LogP contribution in [-0.4, -0.2) is 29.8 Å². The van der Waals surface area contributed by atoms with E-state index in [4.69, 9.17) is 0 Å². The lowest BCUT2D eigenvalue weighted by molar-refractivity contribution is -0.127. The molecule has 0 N–H and O–H groups in total. The SMILES string of the molecule is CC1CC(N2CCC(=O)C(C)C2)C1. The molecule has 74 valence electrons. The van der Waals surface area contributed by atoms with Crippen LogP contribution in [0.5, 0.6) is 0 Å². The molecule has 1 atom stereocenters. The lowest BCUT2D eigenvalue weighted by Gasteiger charge is -2.44. The van der Waals surface area contributed by atoms with E-state index >= 15 is 0 Å². The summed E-state index contributed by atoms with van der Waals surface area (Å²) in [6.07, 6.45) is 3.48. The van der Waals surface area contributed by atoms with Crippen LogP contribution in [0.15, 0.2) is 0 Å². The van der Waals surface area contributed by atoms with Crippen LogP contribution in [0.2, 0.25) is 0 Å². The molecule has 0 aromatic heterocycles. The molecular formula is C11H19NO. The van der Waals surface area contributed by atoms with E-state index in [0.29, 0.717) is 5.78 Å². The van der Waals surface area contributed by atoms with Crippen molar-refractivity contribution >= 4 is 5.78 Å². The van der Waals surface area contributed by atoms with Crippen molar-refractivity contribution < 1.29 is 4.79 Å². The van der Waals surface area contributed by atoms with Gasteiger partial charge in [0.2, 0.25) is 0 Å². The Morgan fingerprint density at radius 3 is 2.54 bits per heavy atom. The Balaban J connectivity index is 1.85. The summed E-state index contributed by atoms with van der Waals surface area (Å²) in [4.78, 5) is 13.8. The third-order valence-corrected chi connectivity index (χ3v) is 3.57. The van der Waals surface area contributed by atoms with E-state index < -0.39 is 0 Å². The quantitative estimate of drug-likeness (QED) is 0.613. The average Bonchev–Trinajstić information content (AvgIpc) is 2.05. The molecule has 2 nitrogen and oxygen atoms in total. The van der Waals surface area contributed by atoms with Crippen LogP contribution in [-0.2, 0) is 4.79 Å². The maximum Gasteiger partial charge on any atom is 0.138 e. The van der Waals surface area contributed by atoms with Crippen LogP contribution < -0.4 is 0 Å². The molecule has 0 aromatic carbocycles. The van der Waals surface area contributed by atoms with Crippen LogP contribution in [0, 0.1) is 11.8 Å². The smallest absolute Gasteiger partial charge is 0.138 e. The Morgan fingerprint density at radius 2 is 2.00 bits per heavy atom. The first-order valence-corrected chi connectivity index (χ1v) is 5.43. The first-order valence-electron chi connectivity index (χ1n) is 5.43. The minimum atomic E-state index is 0.282. The number of rotatable bonds is 1. The second kappa shape index (κ2) is 3.41. The number of Topliss-reactive ketones (excluding diaryl/α,β-unsaturated/α-hetero) is 1. The molecule has 2 rings (SSSR count). The van der Waals surface area contributed by atoms with Gasteiger partial charge in [0, 0.05) is 31.5 Å². The van der Waals surface area contributed by atoms with Crippen LogP contribution in [0.25, 0.3) is 0 Å². The molecule has 0 radical (unpaired) electrons. The topological polar surface area (TPSA) is 20.3 Å². The van der Waals surface area contributed by atoms with Crippen LogP contribution in [0.4, 0.5) is 0 Å². The first kappa shape index (κ1) is 9.20. The van der Waals surface area contributed by atoms with Crippen molar-refractivity contribution in [2.75, 3.05) is 13.1 Å². The minimum absolute atomic E-state index is 0.282. The van der Waals surface area contributed by atoms with Crippen molar-refractivity contribution in [2.45, 2.75) is 39.2 Å². The highest BCUT2D eigenvalue weighted by Gasteiger charge is 2.34. The van der Waals surface area contributed by atoms with Gasteiger partial charge in [-0.1, -0.05) is 13.8 Å². The summed E-state index contributed by atoms with van der Waals surface area (Å²) in [5.74, 6) is 1.66. The molecule has 0 spiro atoms. The standard InChI is InChI=1S/C11H19NO/c1-8-5-10(6-8)12-4-3-11(13)9(2)7-12/h8-10H,3-7H2,1-2H3. The fourth-order valence-electron chi connectivity index (χ4n) is 2.53. The monoisotopic (exact) mass is 181 g/mol. The van der Waals surface area contributed by atoms with Gasteiger partial charge >= 0.3 is 0 Å². The van der Waals surface area contributed by atoms with Crippen molar-refractivity contribution in [3.63, 3.8) is 0 Å². The van der Waals surface area contributed by atoms with E-state index in [0.717, 1.165) is 31.5 Å². The van der Waals surface area contributed by atoms with E-state index in [-0.39, 0.29) is 5.92 Å². The number of ketones is 1. The fourth-order valence-corrected chi connectivity index (χ4v) is 2.53. The Kier molecular flexibility index (Phi) is 2.41. The highest BCUT2D eigenvalue weighted by molar-refractivity contribution is 5.81. The molecule has 1 heterocycles. The lowest BCUT2D eigenvalue weighted by atomic mass is 9.79. The Morgan fingerprint density at radius 1 is 1.31 bits per heavy atom. The van der Waals surface area contributed by atoms with E-state index in [1.807, 2.05) is 0 Å². The average molecular weight is 181 g/mol. The zero-order chi connectivity index (χ0) is 9.42. The second-order valence-corrected chi connectivity index (χ2v) is 4.84. The molecule has 0 amide bonds. The molecule has 2 heteroatoms. The lowest BCUT2D eigenvalue weighted by Crippen LogP contribution is -2.50. The summed E-state index contributed by atoms with van der Waals surface area (Å²) in [7, 11) is 0. The zero-order valence-corrected chi connectivity index (χ0v) is 8.62. The van der Waals surface area contributed by atoms with E-state index in [1.54, 1.807) is 0 Å². The Hall–Kier alpha value is -0.370. The minimum Gasteiger partial charge on any atom is -0.299 e. The van der Waals surface area contributed by atoms with Crippen molar-refractivity contribution in [1.82, 2.24) is 4.90 Å². The van der Waals surface area contributed by atoms with Crippen LogP contribution >= 0.6 is 0 Å². The normalized spacial score (nSPS) is 41.7. The van der Waals surface area contributed by atoms with Crippen LogP contribution in [0.1, 0.15) is 33.1 Å². The summed E-state index contributed by atoms with van der Waals surface area (Å²) in [6.45, 7) is 6.41. The largest absolute Gasteiger partial charge is 0.299 e. The summed E-state index contributed by atoms with van der Waals surface area (Å²) < 4.78 is 0. The molecule has 13 heavy (non-hydrogen) atoms. The van der Waals surface area contributed by atoms with Gasteiger partial charge in [-0.05, 0) is 18.8 Å². The molecule has 2 fully saturated rings. The number of likely N-dealkylation sites (tertiary alicyclic amines) is 1. The van der Waals surface area contributed by atoms with Crippen molar-refractivity contribution in [2.24, 2.45) is 11.8 Å². The number of carbonyl (C=O) groups excluding carboxylic acids is 1. The number of piperidine rings is 1. The maximum atomic E-state index is 11.3. The molecule has 1 unspecified atom stereocenters. The fraction of sp³-hybridized carbons (Fsp3) is 0.909. The van der Waals surface area contributed by atoms with Crippen LogP contribution in [0.3, 0.4) is 0 Å². The van der Waals surface area contributed by atoms with Gasteiger partial charge in [0.1, 0.15) is 5.78 Å². The third-order valence-electron chi connectivity index (χ3n) is 3.57. The Bertz CT molecular complexity index is 208. The molecular weight excluding hydrogens is 162 g/mol. The number of carbonyl (C=O) groups is 1. The number of nitrogens with zero attached hydrogens (tertiary/aromatic N) is 1. The maximum absolute atomic E-state index is 11.3. The van der Waals surface area contributed by atoms with Gasteiger partial charge in [-0.25, -0.2) is 0 Å². The highest BCUT2D eigenvalue weighted by Crippen LogP contribution is 2.32.